The van der Waals surface area contributed by atoms with Gasteiger partial charge in [-0.2, -0.15) is 0 Å². The number of cyclic esters (lactones) is 4. The molecule has 3 fully saturated rings. The van der Waals surface area contributed by atoms with Crippen LogP contribution in [-0.2, 0) is 61.6 Å². The average molecular weight is 597 g/mol. The Morgan fingerprint density at radius 3 is 2.07 bits per heavy atom. The molecule has 3 aliphatic rings. The van der Waals surface area contributed by atoms with Crippen molar-refractivity contribution < 1.29 is 81.4 Å². The number of aliphatic hydroxyl groups is 2. The minimum atomic E-state index is -1.53. The highest BCUT2D eigenvalue weighted by molar-refractivity contribution is 5.62. The van der Waals surface area contributed by atoms with Gasteiger partial charge in [0, 0.05) is 7.11 Å². The Morgan fingerprint density at radius 1 is 0.854 bits per heavy atom. The van der Waals surface area contributed by atoms with Crippen LogP contribution in [0.15, 0.2) is 12.5 Å². The highest BCUT2D eigenvalue weighted by Crippen LogP contribution is 2.19. The topological polar surface area (TPSA) is 202 Å². The summed E-state index contributed by atoms with van der Waals surface area (Å²) in [5.41, 5.74) is 0. The lowest BCUT2D eigenvalue weighted by molar-refractivity contribution is -0.182. The third-order valence-electron chi connectivity index (χ3n) is 5.87. The van der Waals surface area contributed by atoms with E-state index < -0.39 is 61.1 Å². The fourth-order valence-corrected chi connectivity index (χ4v) is 3.88. The van der Waals surface area contributed by atoms with E-state index in [4.69, 9.17) is 56.8 Å². The summed E-state index contributed by atoms with van der Waals surface area (Å²) in [6.07, 6.45) is -9.74. The number of aliphatic hydroxyl groups excluding tert-OH is 2. The van der Waals surface area contributed by atoms with Crippen LogP contribution >= 0.6 is 0 Å². The molecule has 3 aliphatic heterocycles. The molecule has 41 heavy (non-hydrogen) atoms. The second-order valence-corrected chi connectivity index (χ2v) is 9.14. The highest BCUT2D eigenvalue weighted by atomic mass is 16.8. The van der Waals surface area contributed by atoms with Crippen LogP contribution < -0.4 is 0 Å². The molecule has 234 valence electrons. The molecule has 0 saturated carbocycles. The lowest BCUT2D eigenvalue weighted by Crippen LogP contribution is -2.51. The molecule has 3 rings (SSSR count). The third kappa shape index (κ3) is 11.1. The largest absolute Gasteiger partial charge is 0.508 e. The van der Waals surface area contributed by atoms with E-state index in [0.29, 0.717) is 0 Å². The number of methoxy groups -OCH3 is 1. The quantitative estimate of drug-likeness (QED) is 0.0894. The van der Waals surface area contributed by atoms with Gasteiger partial charge in [0.05, 0.1) is 46.2 Å². The Kier molecular flexibility index (Phi) is 13.6. The van der Waals surface area contributed by atoms with E-state index in [1.807, 2.05) is 0 Å². The maximum absolute atomic E-state index is 11.3. The van der Waals surface area contributed by atoms with E-state index >= 15 is 0 Å². The van der Waals surface area contributed by atoms with E-state index in [1.54, 1.807) is 0 Å². The number of carbonyl (C=O) groups is 3. The summed E-state index contributed by atoms with van der Waals surface area (Å²) in [4.78, 5) is 33.2. The summed E-state index contributed by atoms with van der Waals surface area (Å²) < 4.78 is 62.5. The molecule has 0 bridgehead atoms. The third-order valence-corrected chi connectivity index (χ3v) is 5.87. The summed E-state index contributed by atoms with van der Waals surface area (Å²) >= 11 is 0. The Hall–Kier alpha value is -2.93. The van der Waals surface area contributed by atoms with Gasteiger partial charge >= 0.3 is 12.3 Å². The smallest absolute Gasteiger partial charge is 0.462 e. The van der Waals surface area contributed by atoms with Gasteiger partial charge in [-0.1, -0.05) is 0 Å². The summed E-state index contributed by atoms with van der Waals surface area (Å²) in [5, 5.41) is 22.3. The Labute approximate surface area is 235 Å². The lowest BCUT2D eigenvalue weighted by Gasteiger charge is -2.33. The zero-order valence-electron chi connectivity index (χ0n) is 22.5. The molecule has 0 spiro atoms. The molecular formula is C24H36O17. The standard InChI is InChI=1S/C24H36O17/c1-14-33-6-17(39-14)8-35-22(19(26)11-31-5-16-9-36-23(28)40-16)21(27)20(34-7-18-10-37-24(29)41-18)12-32-4-15(3-30-2)38-13-25/h13,15-22,26-27H,1,3-12H2,2H3. The van der Waals surface area contributed by atoms with Gasteiger partial charge in [-0.15, -0.1) is 0 Å². The van der Waals surface area contributed by atoms with Gasteiger partial charge in [-0.3, -0.25) is 4.79 Å². The van der Waals surface area contributed by atoms with Gasteiger partial charge in [0.2, 0.25) is 0 Å². The molecule has 8 unspecified atom stereocenters. The first-order valence-corrected chi connectivity index (χ1v) is 12.8. The molecule has 8 atom stereocenters. The van der Waals surface area contributed by atoms with Crippen molar-refractivity contribution in [2.75, 3.05) is 73.2 Å². The zero-order valence-corrected chi connectivity index (χ0v) is 22.5. The lowest BCUT2D eigenvalue weighted by atomic mass is 10.0. The molecule has 2 N–H and O–H groups in total. The fourth-order valence-electron chi connectivity index (χ4n) is 3.88. The first-order valence-electron chi connectivity index (χ1n) is 12.8. The summed E-state index contributed by atoms with van der Waals surface area (Å²) in [7, 11) is 1.42. The normalized spacial score (nSPS) is 25.5. The van der Waals surface area contributed by atoms with E-state index in [9.17, 15) is 24.6 Å². The number of rotatable bonds is 21. The maximum Gasteiger partial charge on any atom is 0.508 e. The second kappa shape index (κ2) is 17.1. The first-order chi connectivity index (χ1) is 19.8. The van der Waals surface area contributed by atoms with Crippen molar-refractivity contribution in [3.8, 4) is 0 Å². The molecule has 0 aromatic rings. The van der Waals surface area contributed by atoms with E-state index in [1.165, 1.54) is 7.11 Å². The summed E-state index contributed by atoms with van der Waals surface area (Å²) in [6, 6.07) is 0. The van der Waals surface area contributed by atoms with Crippen LogP contribution in [0.3, 0.4) is 0 Å². The number of ether oxygens (including phenoxy) is 12. The van der Waals surface area contributed by atoms with Crippen LogP contribution in [0, 0.1) is 0 Å². The Balaban J connectivity index is 1.64. The monoisotopic (exact) mass is 596 g/mol. The van der Waals surface area contributed by atoms with Gasteiger partial charge in [-0.25, -0.2) is 9.59 Å². The van der Waals surface area contributed by atoms with Crippen molar-refractivity contribution in [1.29, 1.82) is 0 Å². The molecule has 3 saturated heterocycles. The minimum Gasteiger partial charge on any atom is -0.462 e. The molecule has 0 aromatic heterocycles. The second-order valence-electron chi connectivity index (χ2n) is 9.14. The van der Waals surface area contributed by atoms with E-state index in [0.717, 1.165) is 0 Å². The van der Waals surface area contributed by atoms with Crippen molar-refractivity contribution in [2.24, 2.45) is 0 Å². The van der Waals surface area contributed by atoms with Crippen LogP contribution in [0.4, 0.5) is 9.59 Å². The first kappa shape index (κ1) is 32.6. The van der Waals surface area contributed by atoms with Crippen LogP contribution in [-0.4, -0.2) is 151 Å². The van der Waals surface area contributed by atoms with Crippen molar-refractivity contribution in [2.45, 2.75) is 48.8 Å². The Morgan fingerprint density at radius 2 is 1.49 bits per heavy atom. The van der Waals surface area contributed by atoms with Gasteiger partial charge in [0.25, 0.3) is 12.4 Å². The van der Waals surface area contributed by atoms with Crippen LogP contribution in [0.2, 0.25) is 0 Å². The number of hydrogen-bond donors (Lipinski definition) is 2. The van der Waals surface area contributed by atoms with Crippen molar-refractivity contribution in [1.82, 2.24) is 0 Å². The fraction of sp³-hybridized carbons (Fsp3) is 0.792. The van der Waals surface area contributed by atoms with Gasteiger partial charge < -0.3 is 67.1 Å². The molecule has 0 aromatic carbocycles. The molecule has 17 nitrogen and oxygen atoms in total. The number of hydrogen-bond acceptors (Lipinski definition) is 17. The predicted octanol–water partition coefficient (Wildman–Crippen LogP) is -1.34. The molecule has 17 heteroatoms. The van der Waals surface area contributed by atoms with Crippen LogP contribution in [0.5, 0.6) is 0 Å². The highest BCUT2D eigenvalue weighted by Gasteiger charge is 2.38. The molecular weight excluding hydrogens is 560 g/mol. The zero-order chi connectivity index (χ0) is 29.6. The molecule has 0 radical (unpaired) electrons. The summed E-state index contributed by atoms with van der Waals surface area (Å²) in [5.74, 6) is 0.110. The van der Waals surface area contributed by atoms with Crippen LogP contribution in [0.25, 0.3) is 0 Å². The molecule has 0 amide bonds. The van der Waals surface area contributed by atoms with Gasteiger partial charge in [0.15, 0.2) is 18.3 Å². The molecule has 3 heterocycles. The predicted molar refractivity (Wildman–Crippen MR) is 128 cm³/mol. The Bertz CT molecular complexity index is 839. The van der Waals surface area contributed by atoms with E-state index in [2.05, 4.69) is 6.58 Å². The van der Waals surface area contributed by atoms with Crippen molar-refractivity contribution in [3.05, 3.63) is 12.5 Å². The van der Waals surface area contributed by atoms with Crippen molar-refractivity contribution in [3.63, 3.8) is 0 Å². The number of carbonyl (C=O) groups excluding carboxylic acids is 3. The van der Waals surface area contributed by atoms with E-state index in [-0.39, 0.29) is 78.5 Å². The minimum absolute atomic E-state index is 0.000971. The van der Waals surface area contributed by atoms with Gasteiger partial charge in [-0.05, 0) is 6.58 Å². The van der Waals surface area contributed by atoms with Gasteiger partial charge in [0.1, 0.15) is 50.3 Å². The maximum atomic E-state index is 11.3. The molecule has 0 aliphatic carbocycles. The SMILES string of the molecule is C=C1OCC(COC(C(O)COCC2COC(=O)O2)C(O)C(COCC(COC)OC=O)OCC2COC(=O)O2)O1. The van der Waals surface area contributed by atoms with Crippen molar-refractivity contribution >= 4 is 18.8 Å². The summed E-state index contributed by atoms with van der Waals surface area (Å²) in [6.45, 7) is 2.95. The average Bonchev–Trinajstić information content (AvgIpc) is 3.67. The van der Waals surface area contributed by atoms with Crippen LogP contribution in [0.1, 0.15) is 0 Å².